The number of Topliss-reactive ketones (excluding diaryl/α,β-unsaturated/α-hetero) is 1. The first-order valence-corrected chi connectivity index (χ1v) is 6.06. The van der Waals surface area contributed by atoms with Crippen LogP contribution in [0, 0.1) is 0 Å². The molecule has 1 fully saturated rings. The van der Waals surface area contributed by atoms with E-state index in [1.54, 1.807) is 7.05 Å². The summed E-state index contributed by atoms with van der Waals surface area (Å²) in [6.45, 7) is 2.49. The number of nitrogens with zero attached hydrogens (tertiary/aromatic N) is 4. The van der Waals surface area contributed by atoms with Gasteiger partial charge in [-0.05, 0) is 37.8 Å². The second-order valence-electron chi connectivity index (χ2n) is 4.43. The third-order valence-corrected chi connectivity index (χ3v) is 3.21. The van der Waals surface area contributed by atoms with E-state index >= 15 is 0 Å². The summed E-state index contributed by atoms with van der Waals surface area (Å²) in [5.74, 6) is 0.563. The molecule has 0 radical (unpaired) electrons. The lowest BCUT2D eigenvalue weighted by Gasteiger charge is -2.26. The highest BCUT2D eigenvalue weighted by Crippen LogP contribution is 2.34. The molecule has 0 atom stereocenters. The van der Waals surface area contributed by atoms with Crippen molar-refractivity contribution in [2.24, 2.45) is 7.05 Å². The first-order valence-electron chi connectivity index (χ1n) is 6.06. The maximum Gasteiger partial charge on any atom is 0.182 e. The highest BCUT2D eigenvalue weighted by Gasteiger charge is 2.41. The van der Waals surface area contributed by atoms with Crippen molar-refractivity contribution in [1.82, 2.24) is 20.2 Å². The number of tetrazole rings is 1. The number of aryl methyl sites for hydroxylation is 1. The Morgan fingerprint density at radius 1 is 1.47 bits per heavy atom. The minimum absolute atomic E-state index is 0.0878. The summed E-state index contributed by atoms with van der Waals surface area (Å²) in [5, 5.41) is 11.6. The normalized spacial score (nSPS) is 18.5. The molecule has 6 heteroatoms. The molecule has 1 aromatic heterocycles. The van der Waals surface area contributed by atoms with E-state index in [1.165, 1.54) is 4.80 Å². The van der Waals surface area contributed by atoms with Crippen molar-refractivity contribution in [3.63, 3.8) is 0 Å². The Hall–Kier alpha value is -1.30. The molecule has 94 valence electrons. The molecule has 0 aromatic carbocycles. The Balaban J connectivity index is 2.06. The van der Waals surface area contributed by atoms with Gasteiger partial charge >= 0.3 is 0 Å². The van der Waals surface area contributed by atoms with Gasteiger partial charge < -0.3 is 4.74 Å². The van der Waals surface area contributed by atoms with Crippen molar-refractivity contribution in [3.05, 3.63) is 5.82 Å². The quantitative estimate of drug-likeness (QED) is 0.754. The van der Waals surface area contributed by atoms with Gasteiger partial charge in [0.25, 0.3) is 0 Å². The van der Waals surface area contributed by atoms with Crippen LogP contribution in [0.1, 0.15) is 38.4 Å². The third-order valence-electron chi connectivity index (χ3n) is 3.21. The van der Waals surface area contributed by atoms with Crippen LogP contribution >= 0.6 is 0 Å². The van der Waals surface area contributed by atoms with Crippen LogP contribution in [0.2, 0.25) is 0 Å². The average Bonchev–Trinajstić information content (AvgIpc) is 2.89. The molecule has 17 heavy (non-hydrogen) atoms. The summed E-state index contributed by atoms with van der Waals surface area (Å²) in [7, 11) is 1.69. The van der Waals surface area contributed by atoms with Crippen molar-refractivity contribution >= 4 is 5.78 Å². The SMILES string of the molecule is CCOC1(C(=O)Cc2nnn(C)n2)CCCC1. The van der Waals surface area contributed by atoms with Crippen LogP contribution in [0.25, 0.3) is 0 Å². The van der Waals surface area contributed by atoms with Crippen LogP contribution < -0.4 is 0 Å². The predicted octanol–water partition coefficient (Wildman–Crippen LogP) is 0.671. The Kier molecular flexibility index (Phi) is 3.51. The second kappa shape index (κ2) is 4.91. The number of hydrogen-bond acceptors (Lipinski definition) is 5. The van der Waals surface area contributed by atoms with Crippen LogP contribution in [0.3, 0.4) is 0 Å². The molecule has 0 unspecified atom stereocenters. The topological polar surface area (TPSA) is 69.9 Å². The lowest BCUT2D eigenvalue weighted by atomic mass is 9.93. The highest BCUT2D eigenvalue weighted by molar-refractivity contribution is 5.89. The Labute approximate surface area is 100 Å². The Bertz CT molecular complexity index is 396. The zero-order valence-corrected chi connectivity index (χ0v) is 10.3. The Morgan fingerprint density at radius 2 is 2.18 bits per heavy atom. The first kappa shape index (κ1) is 12.2. The van der Waals surface area contributed by atoms with Crippen LogP contribution in [0.15, 0.2) is 0 Å². The largest absolute Gasteiger partial charge is 0.367 e. The van der Waals surface area contributed by atoms with Gasteiger partial charge in [0.05, 0.1) is 13.5 Å². The number of ketones is 1. The molecular weight excluding hydrogens is 220 g/mol. The van der Waals surface area contributed by atoms with Gasteiger partial charge in [0.15, 0.2) is 11.6 Å². The molecule has 1 heterocycles. The third kappa shape index (κ3) is 2.52. The molecule has 0 bridgehead atoms. The standard InChI is InChI=1S/C11H18N4O2/c1-3-17-11(6-4-5-7-11)9(16)8-10-12-14-15(2)13-10/h3-8H2,1-2H3. The fourth-order valence-electron chi connectivity index (χ4n) is 2.42. The zero-order valence-electron chi connectivity index (χ0n) is 10.3. The van der Waals surface area contributed by atoms with Gasteiger partial charge in [-0.15, -0.1) is 10.2 Å². The second-order valence-corrected chi connectivity index (χ2v) is 4.43. The fourth-order valence-corrected chi connectivity index (χ4v) is 2.42. The number of aromatic nitrogens is 4. The molecule has 0 aliphatic heterocycles. The van der Waals surface area contributed by atoms with E-state index in [0.29, 0.717) is 12.4 Å². The Morgan fingerprint density at radius 3 is 2.71 bits per heavy atom. The number of rotatable bonds is 5. The van der Waals surface area contributed by atoms with Crippen LogP contribution in [0.5, 0.6) is 0 Å². The zero-order chi connectivity index (χ0) is 12.3. The van der Waals surface area contributed by atoms with Gasteiger partial charge in [0, 0.05) is 6.61 Å². The minimum atomic E-state index is -0.589. The number of carbonyl (C=O) groups excluding carboxylic acids is 1. The van der Waals surface area contributed by atoms with Gasteiger partial charge in [-0.25, -0.2) is 0 Å². The maximum atomic E-state index is 12.3. The first-order chi connectivity index (χ1) is 8.16. The van der Waals surface area contributed by atoms with Gasteiger partial charge in [-0.1, -0.05) is 0 Å². The van der Waals surface area contributed by atoms with E-state index in [2.05, 4.69) is 15.4 Å². The lowest BCUT2D eigenvalue weighted by molar-refractivity contribution is -0.143. The van der Waals surface area contributed by atoms with Gasteiger partial charge in [0.2, 0.25) is 0 Å². The van der Waals surface area contributed by atoms with Gasteiger partial charge in [-0.2, -0.15) is 4.80 Å². The van der Waals surface area contributed by atoms with E-state index in [-0.39, 0.29) is 12.2 Å². The van der Waals surface area contributed by atoms with Crippen molar-refractivity contribution in [1.29, 1.82) is 0 Å². The van der Waals surface area contributed by atoms with Gasteiger partial charge in [-0.3, -0.25) is 4.79 Å². The summed E-state index contributed by atoms with van der Waals surface area (Å²) < 4.78 is 5.70. The van der Waals surface area contributed by atoms with E-state index in [9.17, 15) is 4.79 Å². The van der Waals surface area contributed by atoms with Crippen LogP contribution in [0.4, 0.5) is 0 Å². The minimum Gasteiger partial charge on any atom is -0.367 e. The predicted molar refractivity (Wildman–Crippen MR) is 60.3 cm³/mol. The summed E-state index contributed by atoms with van der Waals surface area (Å²) >= 11 is 0. The molecule has 0 amide bonds. The smallest absolute Gasteiger partial charge is 0.182 e. The van der Waals surface area contributed by atoms with Gasteiger partial charge in [0.1, 0.15) is 5.60 Å². The average molecular weight is 238 g/mol. The van der Waals surface area contributed by atoms with E-state index in [4.69, 9.17) is 4.74 Å². The molecule has 1 aromatic rings. The lowest BCUT2D eigenvalue weighted by Crippen LogP contribution is -2.40. The molecule has 0 spiro atoms. The number of hydrogen-bond donors (Lipinski definition) is 0. The van der Waals surface area contributed by atoms with E-state index in [1.807, 2.05) is 6.92 Å². The van der Waals surface area contributed by atoms with Crippen LogP contribution in [-0.2, 0) is 23.0 Å². The molecule has 1 aliphatic rings. The summed E-state index contributed by atoms with van der Waals surface area (Å²) in [6, 6.07) is 0. The summed E-state index contributed by atoms with van der Waals surface area (Å²) in [6.07, 6.45) is 3.97. The van der Waals surface area contributed by atoms with Crippen molar-refractivity contribution < 1.29 is 9.53 Å². The number of carbonyl (C=O) groups is 1. The molecule has 1 saturated carbocycles. The number of ether oxygens (including phenoxy) is 1. The fraction of sp³-hybridized carbons (Fsp3) is 0.818. The summed E-state index contributed by atoms with van der Waals surface area (Å²) in [5.41, 5.74) is -0.589. The summed E-state index contributed by atoms with van der Waals surface area (Å²) in [4.78, 5) is 13.7. The van der Waals surface area contributed by atoms with Crippen molar-refractivity contribution in [3.8, 4) is 0 Å². The van der Waals surface area contributed by atoms with E-state index < -0.39 is 5.60 Å². The maximum absolute atomic E-state index is 12.3. The van der Waals surface area contributed by atoms with Crippen LogP contribution in [-0.4, -0.2) is 38.2 Å². The molecule has 6 nitrogen and oxygen atoms in total. The van der Waals surface area contributed by atoms with Crippen molar-refractivity contribution in [2.45, 2.75) is 44.6 Å². The molecular formula is C11H18N4O2. The van der Waals surface area contributed by atoms with Crippen molar-refractivity contribution in [2.75, 3.05) is 6.61 Å². The molecule has 0 N–H and O–H groups in total. The molecule has 2 rings (SSSR count). The monoisotopic (exact) mass is 238 g/mol. The highest BCUT2D eigenvalue weighted by atomic mass is 16.5. The molecule has 1 aliphatic carbocycles. The van der Waals surface area contributed by atoms with E-state index in [0.717, 1.165) is 25.7 Å². The molecule has 0 saturated heterocycles.